The molecule has 1 aromatic carbocycles. The van der Waals surface area contributed by atoms with E-state index in [9.17, 15) is 14.4 Å². The highest BCUT2D eigenvalue weighted by Crippen LogP contribution is 2.20. The van der Waals surface area contributed by atoms with E-state index in [1.807, 2.05) is 0 Å². The number of carbonyl (C=O) groups excluding carboxylic acids is 3. The lowest BCUT2D eigenvalue weighted by atomic mass is 10.1. The van der Waals surface area contributed by atoms with E-state index in [1.54, 1.807) is 38.1 Å². The summed E-state index contributed by atoms with van der Waals surface area (Å²) in [7, 11) is 0. The second-order valence-corrected chi connectivity index (χ2v) is 5.88. The first-order valence-electron chi connectivity index (χ1n) is 8.21. The summed E-state index contributed by atoms with van der Waals surface area (Å²) in [5.41, 5.74) is 2.72. The van der Waals surface area contributed by atoms with Crippen molar-refractivity contribution in [2.75, 3.05) is 25.1 Å². The summed E-state index contributed by atoms with van der Waals surface area (Å²) in [4.78, 5) is 39.2. The molecule has 1 aromatic heterocycles. The summed E-state index contributed by atoms with van der Waals surface area (Å²) in [5, 5.41) is 11.8. The Balaban J connectivity index is 2.10. The third-order valence-electron chi connectivity index (χ3n) is 3.98. The standard InChI is InChI=1S/C19H22N2O5/c1-11-17(13(3)23)12(2)21-18(11)16(24)10-26-19(25)14-6-4-5-7-15(14)20-8-9-22/h4-7,20-22H,8-10H2,1-3H3. The quantitative estimate of drug-likeness (QED) is 0.493. The molecule has 0 saturated carbocycles. The Hall–Kier alpha value is -2.93. The molecule has 7 heteroatoms. The number of hydrogen-bond donors (Lipinski definition) is 3. The minimum Gasteiger partial charge on any atom is -0.454 e. The number of aliphatic hydroxyl groups is 1. The number of ether oxygens (including phenoxy) is 1. The molecule has 0 radical (unpaired) electrons. The van der Waals surface area contributed by atoms with Gasteiger partial charge in [0.2, 0.25) is 5.78 Å². The molecule has 0 aliphatic carbocycles. The van der Waals surface area contributed by atoms with Gasteiger partial charge in [-0.15, -0.1) is 0 Å². The largest absolute Gasteiger partial charge is 0.454 e. The van der Waals surface area contributed by atoms with Crippen LogP contribution in [0.25, 0.3) is 0 Å². The maximum absolute atomic E-state index is 12.4. The van der Waals surface area contributed by atoms with Gasteiger partial charge >= 0.3 is 5.97 Å². The molecule has 7 nitrogen and oxygen atoms in total. The van der Waals surface area contributed by atoms with E-state index in [2.05, 4.69) is 10.3 Å². The fourth-order valence-electron chi connectivity index (χ4n) is 2.84. The normalized spacial score (nSPS) is 10.5. The van der Waals surface area contributed by atoms with Crippen LogP contribution < -0.4 is 5.32 Å². The van der Waals surface area contributed by atoms with Gasteiger partial charge in [-0.3, -0.25) is 9.59 Å². The number of carbonyl (C=O) groups is 3. The first-order valence-corrected chi connectivity index (χ1v) is 8.21. The Morgan fingerprint density at radius 3 is 2.50 bits per heavy atom. The summed E-state index contributed by atoms with van der Waals surface area (Å²) < 4.78 is 5.13. The molecule has 138 valence electrons. The number of benzene rings is 1. The van der Waals surface area contributed by atoms with Crippen LogP contribution in [0.1, 0.15) is 49.4 Å². The Kier molecular flexibility index (Phi) is 6.30. The number of Topliss-reactive ketones (excluding diaryl/α,β-unsaturated/α-hetero) is 2. The zero-order chi connectivity index (χ0) is 19.3. The monoisotopic (exact) mass is 358 g/mol. The van der Waals surface area contributed by atoms with Crippen LogP contribution in [0.5, 0.6) is 0 Å². The van der Waals surface area contributed by atoms with Crippen molar-refractivity contribution in [1.29, 1.82) is 0 Å². The fraction of sp³-hybridized carbons (Fsp3) is 0.316. The van der Waals surface area contributed by atoms with Crippen LogP contribution in [0.15, 0.2) is 24.3 Å². The highest BCUT2D eigenvalue weighted by Gasteiger charge is 2.21. The van der Waals surface area contributed by atoms with Gasteiger partial charge in [-0.1, -0.05) is 12.1 Å². The predicted molar refractivity (Wildman–Crippen MR) is 96.9 cm³/mol. The van der Waals surface area contributed by atoms with E-state index < -0.39 is 18.4 Å². The number of aromatic nitrogens is 1. The molecule has 0 spiro atoms. The Bertz CT molecular complexity index is 838. The number of rotatable bonds is 8. The third kappa shape index (κ3) is 4.18. The number of hydrogen-bond acceptors (Lipinski definition) is 6. The molecule has 0 aliphatic heterocycles. The minimum atomic E-state index is -0.646. The van der Waals surface area contributed by atoms with Gasteiger partial charge in [-0.05, 0) is 38.5 Å². The van der Waals surface area contributed by atoms with Gasteiger partial charge in [-0.2, -0.15) is 0 Å². The summed E-state index contributed by atoms with van der Waals surface area (Å²) >= 11 is 0. The summed E-state index contributed by atoms with van der Waals surface area (Å²) in [6.07, 6.45) is 0. The Morgan fingerprint density at radius 2 is 1.88 bits per heavy atom. The van der Waals surface area contributed by atoms with Gasteiger partial charge < -0.3 is 20.1 Å². The van der Waals surface area contributed by atoms with E-state index >= 15 is 0 Å². The maximum Gasteiger partial charge on any atom is 0.340 e. The molecule has 0 saturated heterocycles. The van der Waals surface area contributed by atoms with E-state index in [1.165, 1.54) is 6.92 Å². The molecular formula is C19H22N2O5. The number of anilines is 1. The van der Waals surface area contributed by atoms with Crippen LogP contribution in [0.2, 0.25) is 0 Å². The summed E-state index contributed by atoms with van der Waals surface area (Å²) in [6.45, 7) is 4.61. The second kappa shape index (κ2) is 8.44. The van der Waals surface area contributed by atoms with Crippen LogP contribution in [0, 0.1) is 13.8 Å². The molecule has 0 unspecified atom stereocenters. The predicted octanol–water partition coefficient (Wildman–Crippen LogP) is 2.28. The SMILES string of the molecule is CC(=O)c1c(C)[nH]c(C(=O)COC(=O)c2ccccc2NCCO)c1C. The molecule has 3 N–H and O–H groups in total. The molecule has 0 aliphatic rings. The van der Waals surface area contributed by atoms with E-state index in [0.717, 1.165) is 0 Å². The van der Waals surface area contributed by atoms with Gasteiger partial charge in [0.25, 0.3) is 0 Å². The number of ketones is 2. The maximum atomic E-state index is 12.4. The summed E-state index contributed by atoms with van der Waals surface area (Å²) in [5.74, 6) is -1.18. The van der Waals surface area contributed by atoms with Gasteiger partial charge in [0.15, 0.2) is 12.4 Å². The zero-order valence-corrected chi connectivity index (χ0v) is 15.0. The summed E-state index contributed by atoms with van der Waals surface area (Å²) in [6, 6.07) is 6.69. The van der Waals surface area contributed by atoms with Crippen molar-refractivity contribution in [2.45, 2.75) is 20.8 Å². The van der Waals surface area contributed by atoms with Crippen molar-refractivity contribution >= 4 is 23.2 Å². The molecule has 1 heterocycles. The highest BCUT2D eigenvalue weighted by molar-refractivity contribution is 6.04. The third-order valence-corrected chi connectivity index (χ3v) is 3.98. The number of H-pyrrole nitrogens is 1. The number of nitrogens with one attached hydrogen (secondary N) is 2. The van der Waals surface area contributed by atoms with Crippen molar-refractivity contribution < 1.29 is 24.2 Å². The zero-order valence-electron chi connectivity index (χ0n) is 15.0. The van der Waals surface area contributed by atoms with E-state index in [4.69, 9.17) is 9.84 Å². The van der Waals surface area contributed by atoms with Crippen molar-refractivity contribution in [3.05, 3.63) is 52.3 Å². The van der Waals surface area contributed by atoms with Gasteiger partial charge in [0.05, 0.1) is 17.9 Å². The Morgan fingerprint density at radius 1 is 1.19 bits per heavy atom. The van der Waals surface area contributed by atoms with Crippen molar-refractivity contribution in [1.82, 2.24) is 4.98 Å². The lowest BCUT2D eigenvalue weighted by molar-refractivity contribution is 0.0474. The van der Waals surface area contributed by atoms with Gasteiger partial charge in [0.1, 0.15) is 0 Å². The highest BCUT2D eigenvalue weighted by atomic mass is 16.5. The topological polar surface area (TPSA) is 108 Å². The molecule has 26 heavy (non-hydrogen) atoms. The number of aryl methyl sites for hydroxylation is 1. The first-order chi connectivity index (χ1) is 12.4. The van der Waals surface area contributed by atoms with Gasteiger partial charge in [-0.25, -0.2) is 4.79 Å². The number of esters is 1. The van der Waals surface area contributed by atoms with Crippen molar-refractivity contribution in [3.8, 4) is 0 Å². The molecular weight excluding hydrogens is 336 g/mol. The van der Waals surface area contributed by atoms with E-state index in [-0.39, 0.29) is 30.2 Å². The van der Waals surface area contributed by atoms with E-state index in [0.29, 0.717) is 22.5 Å². The lowest BCUT2D eigenvalue weighted by Crippen LogP contribution is -2.17. The van der Waals surface area contributed by atoms with Crippen molar-refractivity contribution in [2.24, 2.45) is 0 Å². The Labute approximate surface area is 151 Å². The minimum absolute atomic E-state index is 0.0776. The van der Waals surface area contributed by atoms with Crippen LogP contribution in [0.4, 0.5) is 5.69 Å². The molecule has 2 aromatic rings. The average Bonchev–Trinajstić information content (AvgIpc) is 2.92. The number of aliphatic hydroxyl groups excluding tert-OH is 1. The lowest BCUT2D eigenvalue weighted by Gasteiger charge is -2.10. The first kappa shape index (κ1) is 19.4. The molecule has 0 amide bonds. The smallest absolute Gasteiger partial charge is 0.340 e. The van der Waals surface area contributed by atoms with Crippen LogP contribution in [-0.4, -0.2) is 47.4 Å². The molecule has 0 fully saturated rings. The fourth-order valence-corrected chi connectivity index (χ4v) is 2.84. The second-order valence-electron chi connectivity index (χ2n) is 5.88. The van der Waals surface area contributed by atoms with Gasteiger partial charge in [0, 0.05) is 23.5 Å². The number of aromatic amines is 1. The van der Waals surface area contributed by atoms with Crippen molar-refractivity contribution in [3.63, 3.8) is 0 Å². The van der Waals surface area contributed by atoms with Crippen LogP contribution in [0.3, 0.4) is 0 Å². The van der Waals surface area contributed by atoms with Crippen LogP contribution in [-0.2, 0) is 4.74 Å². The van der Waals surface area contributed by atoms with Crippen LogP contribution >= 0.6 is 0 Å². The molecule has 0 atom stereocenters. The molecule has 0 bridgehead atoms. The average molecular weight is 358 g/mol. The number of para-hydroxylation sites is 1. The molecule has 2 rings (SSSR count).